The van der Waals surface area contributed by atoms with E-state index in [0.717, 1.165) is 56.4 Å². The van der Waals surface area contributed by atoms with Crippen LogP contribution in [0.15, 0.2) is 315 Å². The molecule has 3 atom stereocenters. The highest BCUT2D eigenvalue weighted by atomic mass is 15.2. The van der Waals surface area contributed by atoms with E-state index in [0.29, 0.717) is 0 Å². The third kappa shape index (κ3) is 8.59. The normalized spacial score (nSPS) is 18.3. The lowest BCUT2D eigenvalue weighted by Crippen LogP contribution is -2.34. The SMILES string of the molecule is C=CC(C=C)=C/C=C(\C)C(=C)/C=C\C(=C/C)N(c1ccc2c(c1)C(C)(C)c1ccccc1-2)c1ccc2c(c1)C1(c3ccccc3-2)c2ccccc2C2C=CC(N(c3ccc(-c4ccc(C=C)cc4)cc3)c3ccc4c(c3)C(C)(C)c3ccccc3-4)=CC21. The first kappa shape index (κ1) is 54.9. The van der Waals surface area contributed by atoms with Crippen LogP contribution < -0.4 is 9.80 Å². The third-order valence-electron chi connectivity index (χ3n) is 19.8. The number of benzene rings is 9. The van der Waals surface area contributed by atoms with Gasteiger partial charge in [-0.05, 0) is 186 Å². The van der Waals surface area contributed by atoms with Crippen LogP contribution in [-0.2, 0) is 16.2 Å². The highest BCUT2D eigenvalue weighted by Gasteiger charge is 2.58. The van der Waals surface area contributed by atoms with Gasteiger partial charge >= 0.3 is 0 Å². The molecule has 14 rings (SSSR count). The van der Waals surface area contributed by atoms with Gasteiger partial charge < -0.3 is 9.80 Å². The number of hydrogen-bond donors (Lipinski definition) is 0. The monoisotopic (exact) mass is 1120 g/mol. The largest absolute Gasteiger partial charge is 0.311 e. The van der Waals surface area contributed by atoms with E-state index in [9.17, 15) is 0 Å². The Kier molecular flexibility index (Phi) is 13.4. The molecule has 0 radical (unpaired) electrons. The molecule has 0 aromatic heterocycles. The van der Waals surface area contributed by atoms with E-state index < -0.39 is 5.41 Å². The van der Waals surface area contributed by atoms with Gasteiger partial charge in [0, 0.05) is 56.8 Å². The molecule has 0 aliphatic heterocycles. The minimum absolute atomic E-state index is 0.0106. The summed E-state index contributed by atoms with van der Waals surface area (Å²) in [6, 6.07) is 75.9. The van der Waals surface area contributed by atoms with Crippen molar-refractivity contribution in [2.24, 2.45) is 5.92 Å². The molecule has 422 valence electrons. The van der Waals surface area contributed by atoms with Gasteiger partial charge in [-0.2, -0.15) is 0 Å². The Labute approximate surface area is 515 Å². The van der Waals surface area contributed by atoms with Gasteiger partial charge in [-0.25, -0.2) is 0 Å². The Morgan fingerprint density at radius 2 is 0.966 bits per heavy atom. The molecule has 2 nitrogen and oxygen atoms in total. The maximum Gasteiger partial charge on any atom is 0.0539 e. The molecule has 0 heterocycles. The summed E-state index contributed by atoms with van der Waals surface area (Å²) in [4.78, 5) is 4.99. The van der Waals surface area contributed by atoms with Gasteiger partial charge in [-0.3, -0.25) is 0 Å². The number of hydrogen-bond acceptors (Lipinski definition) is 2. The van der Waals surface area contributed by atoms with Crippen molar-refractivity contribution in [3.8, 4) is 44.5 Å². The molecule has 87 heavy (non-hydrogen) atoms. The lowest BCUT2D eigenvalue weighted by atomic mass is 9.65. The van der Waals surface area contributed by atoms with Crippen molar-refractivity contribution in [2.75, 3.05) is 9.80 Å². The molecule has 5 aliphatic carbocycles. The van der Waals surface area contributed by atoms with Crippen molar-refractivity contribution >= 4 is 28.8 Å². The molecule has 0 saturated carbocycles. The van der Waals surface area contributed by atoms with E-state index in [2.05, 4.69) is 320 Å². The average Bonchev–Trinajstić information content (AvgIpc) is 1.52. The molecule has 5 aliphatic rings. The fourth-order valence-corrected chi connectivity index (χ4v) is 15.3. The first-order chi connectivity index (χ1) is 42.3. The van der Waals surface area contributed by atoms with Crippen LogP contribution in [0.25, 0.3) is 50.6 Å². The number of rotatable bonds is 14. The van der Waals surface area contributed by atoms with Gasteiger partial charge in [-0.15, -0.1) is 0 Å². The lowest BCUT2D eigenvalue weighted by molar-refractivity contribution is 0.462. The maximum atomic E-state index is 4.57. The van der Waals surface area contributed by atoms with Crippen LogP contribution in [0.5, 0.6) is 0 Å². The highest BCUT2D eigenvalue weighted by molar-refractivity contribution is 5.91. The van der Waals surface area contributed by atoms with Crippen molar-refractivity contribution in [1.82, 2.24) is 0 Å². The van der Waals surface area contributed by atoms with Crippen molar-refractivity contribution < 1.29 is 0 Å². The quantitative estimate of drug-likeness (QED) is 0.100. The van der Waals surface area contributed by atoms with Crippen molar-refractivity contribution in [1.29, 1.82) is 0 Å². The summed E-state index contributed by atoms with van der Waals surface area (Å²) >= 11 is 0. The third-order valence-corrected chi connectivity index (χ3v) is 19.8. The highest BCUT2D eigenvalue weighted by Crippen LogP contribution is 2.66. The summed E-state index contributed by atoms with van der Waals surface area (Å²) in [6.07, 6.45) is 23.9. The summed E-state index contributed by atoms with van der Waals surface area (Å²) < 4.78 is 0. The number of nitrogens with zero attached hydrogens (tertiary/aromatic N) is 2. The number of anilines is 4. The summed E-state index contributed by atoms with van der Waals surface area (Å²) in [7, 11) is 0. The van der Waals surface area contributed by atoms with Gasteiger partial charge in [0.05, 0.1) is 5.41 Å². The van der Waals surface area contributed by atoms with Crippen LogP contribution >= 0.6 is 0 Å². The Morgan fingerprint density at radius 1 is 0.483 bits per heavy atom. The van der Waals surface area contributed by atoms with E-state index in [1.54, 1.807) is 0 Å². The van der Waals surface area contributed by atoms with Crippen LogP contribution in [0.1, 0.15) is 97.5 Å². The summed E-state index contributed by atoms with van der Waals surface area (Å²) in [6.45, 7) is 30.3. The molecule has 2 heteroatoms. The standard InChI is InChI=1S/C85H72N2/c1-11-57(12-2)33-31-55(5)56(6)32-40-61(14-4)86(63-43-47-71-67-23-15-19-27-75(67)83(7,8)79(71)51-63)65-45-49-73-69-25-17-21-29-77(69)85(81(73)53-65)78-30-22-18-26-70(78)74-50-46-66(54-82(74)85)87(62-41-38-60(39-42-62)59-36-34-58(13-3)35-37-59)64-44-48-72-68-24-16-20-28-76(68)84(9,10)80(72)52-64/h11-54,74,82H,1-3,6H2,4-5,7-10H3/b40-32-,55-31+,61-14+. The lowest BCUT2D eigenvalue weighted by Gasteiger charge is -2.39. The molecule has 1 spiro atoms. The average molecular weight is 1120 g/mol. The second-order valence-corrected chi connectivity index (χ2v) is 25.0. The summed E-state index contributed by atoms with van der Waals surface area (Å²) in [5.41, 5.74) is 30.7. The molecule has 0 saturated heterocycles. The van der Waals surface area contributed by atoms with Crippen molar-refractivity contribution in [3.05, 3.63) is 365 Å². The molecule has 0 bridgehead atoms. The Hall–Kier alpha value is -10.0. The molecular formula is C85H72N2. The van der Waals surface area contributed by atoms with E-state index >= 15 is 0 Å². The fraction of sp³-hybridized carbons (Fsp3) is 0.129. The predicted octanol–water partition coefficient (Wildman–Crippen LogP) is 22.3. The van der Waals surface area contributed by atoms with Crippen LogP contribution in [0.2, 0.25) is 0 Å². The summed E-state index contributed by atoms with van der Waals surface area (Å²) in [5, 5.41) is 0. The maximum absolute atomic E-state index is 4.57. The van der Waals surface area contributed by atoms with Gasteiger partial charge in [-0.1, -0.05) is 260 Å². The first-order valence-electron chi connectivity index (χ1n) is 30.6. The zero-order chi connectivity index (χ0) is 59.9. The smallest absolute Gasteiger partial charge is 0.0539 e. The number of fused-ring (bicyclic) bond motifs is 16. The second kappa shape index (κ2) is 21.2. The van der Waals surface area contributed by atoms with E-state index in [1.165, 1.54) is 89.0 Å². The summed E-state index contributed by atoms with van der Waals surface area (Å²) in [5.74, 6) is 0.122. The Morgan fingerprint density at radius 3 is 1.55 bits per heavy atom. The predicted molar refractivity (Wildman–Crippen MR) is 370 cm³/mol. The van der Waals surface area contributed by atoms with Crippen LogP contribution in [0, 0.1) is 5.92 Å². The van der Waals surface area contributed by atoms with E-state index in [1.807, 2.05) is 24.3 Å². The van der Waals surface area contributed by atoms with Gasteiger partial charge in [0.25, 0.3) is 0 Å². The Bertz CT molecular complexity index is 4550. The second-order valence-electron chi connectivity index (χ2n) is 25.0. The molecular weight excluding hydrogens is 1050 g/mol. The molecule has 9 aromatic rings. The fourth-order valence-electron chi connectivity index (χ4n) is 15.3. The molecule has 0 N–H and O–H groups in total. The first-order valence-corrected chi connectivity index (χ1v) is 30.6. The molecule has 0 fully saturated rings. The topological polar surface area (TPSA) is 6.48 Å². The van der Waals surface area contributed by atoms with Crippen LogP contribution in [-0.4, -0.2) is 0 Å². The minimum Gasteiger partial charge on any atom is -0.311 e. The van der Waals surface area contributed by atoms with Crippen molar-refractivity contribution in [2.45, 2.75) is 63.7 Å². The van der Waals surface area contributed by atoms with Gasteiger partial charge in [0.15, 0.2) is 0 Å². The zero-order valence-corrected chi connectivity index (χ0v) is 50.8. The minimum atomic E-state index is -0.549. The van der Waals surface area contributed by atoms with Crippen molar-refractivity contribution in [3.63, 3.8) is 0 Å². The van der Waals surface area contributed by atoms with E-state index in [4.69, 9.17) is 0 Å². The van der Waals surface area contributed by atoms with Gasteiger partial charge in [0.1, 0.15) is 0 Å². The Balaban J connectivity index is 0.951. The van der Waals surface area contributed by atoms with E-state index in [-0.39, 0.29) is 22.7 Å². The van der Waals surface area contributed by atoms with Gasteiger partial charge in [0.2, 0.25) is 0 Å². The number of allylic oxidation sites excluding steroid dienone is 13. The molecule has 3 unspecified atom stereocenters. The van der Waals surface area contributed by atoms with Crippen LogP contribution in [0.3, 0.4) is 0 Å². The molecule has 9 aromatic carbocycles. The van der Waals surface area contributed by atoms with Crippen LogP contribution in [0.4, 0.5) is 22.7 Å². The molecule has 0 amide bonds. The zero-order valence-electron chi connectivity index (χ0n) is 50.8.